The van der Waals surface area contributed by atoms with Gasteiger partial charge in [0.05, 0.1) is 11.6 Å². The Bertz CT molecular complexity index is 690. The number of hydrogen-bond donors (Lipinski definition) is 2. The van der Waals surface area contributed by atoms with Gasteiger partial charge in [-0.25, -0.2) is 9.97 Å². The number of rotatable bonds is 5. The van der Waals surface area contributed by atoms with Crippen molar-refractivity contribution in [1.29, 1.82) is 5.26 Å². The van der Waals surface area contributed by atoms with Crippen LogP contribution in [-0.2, 0) is 0 Å². The zero-order valence-corrected chi connectivity index (χ0v) is 12.5. The molecule has 6 heteroatoms. The molecule has 6 nitrogen and oxygen atoms in total. The Morgan fingerprint density at radius 1 is 1.32 bits per heavy atom. The predicted molar refractivity (Wildman–Crippen MR) is 84.5 cm³/mol. The van der Waals surface area contributed by atoms with Crippen LogP contribution in [0.2, 0.25) is 0 Å². The molecule has 0 spiro atoms. The Labute approximate surface area is 129 Å². The van der Waals surface area contributed by atoms with Crippen LogP contribution in [0.15, 0.2) is 36.7 Å². The molecule has 0 saturated carbocycles. The number of nitrogens with zero attached hydrogens (tertiary/aromatic N) is 3. The fourth-order valence-electron chi connectivity index (χ4n) is 1.74. The number of benzene rings is 1. The summed E-state index contributed by atoms with van der Waals surface area (Å²) in [5.41, 5.74) is 1.43. The molecule has 0 aliphatic heterocycles. The molecule has 0 bridgehead atoms. The van der Waals surface area contributed by atoms with Gasteiger partial charge in [0.2, 0.25) is 0 Å². The molecule has 1 amide bonds. The van der Waals surface area contributed by atoms with Crippen molar-refractivity contribution in [2.75, 3.05) is 10.6 Å². The molecule has 0 aliphatic rings. The summed E-state index contributed by atoms with van der Waals surface area (Å²) < 4.78 is 0. The molecule has 1 aromatic carbocycles. The Kier molecular flexibility index (Phi) is 5.04. The number of amides is 1. The zero-order valence-electron chi connectivity index (χ0n) is 12.5. The normalized spacial score (nSPS) is 11.3. The molecule has 2 N–H and O–H groups in total. The molecule has 1 aromatic heterocycles. The molecule has 2 rings (SSSR count). The second-order valence-corrected chi connectivity index (χ2v) is 4.89. The minimum Gasteiger partial charge on any atom is -0.368 e. The first-order valence-corrected chi connectivity index (χ1v) is 7.02. The van der Waals surface area contributed by atoms with Gasteiger partial charge in [0.25, 0.3) is 5.91 Å². The second-order valence-electron chi connectivity index (χ2n) is 4.89. The summed E-state index contributed by atoms with van der Waals surface area (Å²) in [6.45, 7) is 4.11. The van der Waals surface area contributed by atoms with E-state index >= 15 is 0 Å². The second kappa shape index (κ2) is 7.18. The molecule has 2 aromatic rings. The van der Waals surface area contributed by atoms with Crippen LogP contribution in [0.5, 0.6) is 0 Å². The Balaban J connectivity index is 2.08. The van der Waals surface area contributed by atoms with Gasteiger partial charge in [0.1, 0.15) is 17.8 Å². The van der Waals surface area contributed by atoms with E-state index in [4.69, 9.17) is 5.26 Å². The van der Waals surface area contributed by atoms with Crippen molar-refractivity contribution >= 4 is 17.4 Å². The third kappa shape index (κ3) is 4.03. The average Bonchev–Trinajstić information content (AvgIpc) is 2.55. The fourth-order valence-corrected chi connectivity index (χ4v) is 1.74. The van der Waals surface area contributed by atoms with Crippen molar-refractivity contribution in [2.24, 2.45) is 0 Å². The molecule has 0 radical (unpaired) electrons. The monoisotopic (exact) mass is 295 g/mol. The third-order valence-electron chi connectivity index (χ3n) is 3.18. The van der Waals surface area contributed by atoms with Crippen LogP contribution in [0.4, 0.5) is 11.5 Å². The Hall–Kier alpha value is -2.94. The summed E-state index contributed by atoms with van der Waals surface area (Å²) in [6.07, 6.45) is 2.31. The van der Waals surface area contributed by atoms with Gasteiger partial charge in [-0.15, -0.1) is 0 Å². The lowest BCUT2D eigenvalue weighted by Gasteiger charge is -2.12. The van der Waals surface area contributed by atoms with E-state index < -0.39 is 0 Å². The number of aromatic nitrogens is 2. The van der Waals surface area contributed by atoms with Crippen LogP contribution in [0, 0.1) is 11.3 Å². The number of carbonyl (C=O) groups excluding carboxylic acids is 1. The van der Waals surface area contributed by atoms with E-state index in [9.17, 15) is 4.79 Å². The van der Waals surface area contributed by atoms with Crippen molar-refractivity contribution in [3.63, 3.8) is 0 Å². The van der Waals surface area contributed by atoms with E-state index in [1.165, 1.54) is 6.33 Å². The molecular formula is C16H17N5O. The van der Waals surface area contributed by atoms with Crippen LogP contribution in [0.1, 0.15) is 36.3 Å². The van der Waals surface area contributed by atoms with Gasteiger partial charge in [0.15, 0.2) is 0 Å². The van der Waals surface area contributed by atoms with Gasteiger partial charge in [0, 0.05) is 17.8 Å². The lowest BCUT2D eigenvalue weighted by atomic mass is 10.2. The van der Waals surface area contributed by atoms with Crippen molar-refractivity contribution in [2.45, 2.75) is 26.3 Å². The van der Waals surface area contributed by atoms with Crippen LogP contribution < -0.4 is 10.6 Å². The summed E-state index contributed by atoms with van der Waals surface area (Å²) in [6, 6.07) is 10.6. The Morgan fingerprint density at radius 2 is 2.05 bits per heavy atom. The molecule has 0 aliphatic carbocycles. The predicted octanol–water partition coefficient (Wildman–Crippen LogP) is 2.81. The van der Waals surface area contributed by atoms with Crippen molar-refractivity contribution < 1.29 is 4.79 Å². The van der Waals surface area contributed by atoms with Gasteiger partial charge in [-0.05, 0) is 37.6 Å². The maximum absolute atomic E-state index is 12.2. The van der Waals surface area contributed by atoms with E-state index in [1.807, 2.05) is 13.0 Å². The summed E-state index contributed by atoms with van der Waals surface area (Å²) in [4.78, 5) is 20.3. The highest BCUT2D eigenvalue weighted by molar-refractivity contribution is 6.03. The van der Waals surface area contributed by atoms with Crippen molar-refractivity contribution in [1.82, 2.24) is 9.97 Å². The first-order valence-electron chi connectivity index (χ1n) is 7.02. The molecule has 0 saturated heterocycles. The average molecular weight is 295 g/mol. The topological polar surface area (TPSA) is 90.7 Å². The number of nitriles is 1. The van der Waals surface area contributed by atoms with E-state index in [0.29, 0.717) is 17.1 Å². The SMILES string of the molecule is CCC(C)Nc1cc(C(=O)Nc2ccc(C#N)cc2)ncn1. The lowest BCUT2D eigenvalue weighted by Crippen LogP contribution is -2.17. The van der Waals surface area contributed by atoms with Crippen molar-refractivity contribution in [3.05, 3.63) is 47.9 Å². The molecule has 0 fully saturated rings. The van der Waals surface area contributed by atoms with E-state index in [0.717, 1.165) is 6.42 Å². The highest BCUT2D eigenvalue weighted by Crippen LogP contribution is 2.12. The molecule has 1 heterocycles. The van der Waals surface area contributed by atoms with Gasteiger partial charge >= 0.3 is 0 Å². The molecular weight excluding hydrogens is 278 g/mol. The maximum Gasteiger partial charge on any atom is 0.274 e. The first kappa shape index (κ1) is 15.4. The number of anilines is 2. The number of nitrogens with one attached hydrogen (secondary N) is 2. The maximum atomic E-state index is 12.2. The third-order valence-corrected chi connectivity index (χ3v) is 3.18. The van der Waals surface area contributed by atoms with Crippen LogP contribution in [0.25, 0.3) is 0 Å². The Morgan fingerprint density at radius 3 is 2.68 bits per heavy atom. The van der Waals surface area contributed by atoms with E-state index in [1.54, 1.807) is 30.3 Å². The summed E-state index contributed by atoms with van der Waals surface area (Å²) >= 11 is 0. The van der Waals surface area contributed by atoms with Crippen molar-refractivity contribution in [3.8, 4) is 6.07 Å². The minimum absolute atomic E-state index is 0.268. The van der Waals surface area contributed by atoms with Gasteiger partial charge in [-0.3, -0.25) is 4.79 Å². The molecule has 1 atom stereocenters. The molecule has 112 valence electrons. The largest absolute Gasteiger partial charge is 0.368 e. The fraction of sp³-hybridized carbons (Fsp3) is 0.250. The van der Waals surface area contributed by atoms with Gasteiger partial charge in [-0.2, -0.15) is 5.26 Å². The molecule has 22 heavy (non-hydrogen) atoms. The number of hydrogen-bond acceptors (Lipinski definition) is 5. The highest BCUT2D eigenvalue weighted by atomic mass is 16.1. The van der Waals surface area contributed by atoms with Crippen LogP contribution in [0.3, 0.4) is 0 Å². The van der Waals surface area contributed by atoms with Crippen LogP contribution in [-0.4, -0.2) is 21.9 Å². The smallest absolute Gasteiger partial charge is 0.274 e. The van der Waals surface area contributed by atoms with Gasteiger partial charge < -0.3 is 10.6 Å². The van der Waals surface area contributed by atoms with Crippen LogP contribution >= 0.6 is 0 Å². The quantitative estimate of drug-likeness (QED) is 0.885. The number of carbonyl (C=O) groups is 1. The zero-order chi connectivity index (χ0) is 15.9. The lowest BCUT2D eigenvalue weighted by molar-refractivity contribution is 0.102. The first-order chi connectivity index (χ1) is 10.6. The van der Waals surface area contributed by atoms with E-state index in [-0.39, 0.29) is 17.6 Å². The summed E-state index contributed by atoms with van der Waals surface area (Å²) in [5, 5.41) is 14.7. The summed E-state index contributed by atoms with van der Waals surface area (Å²) in [7, 11) is 0. The minimum atomic E-state index is -0.320. The highest BCUT2D eigenvalue weighted by Gasteiger charge is 2.10. The van der Waals surface area contributed by atoms with Gasteiger partial charge in [-0.1, -0.05) is 6.92 Å². The standard InChI is InChI=1S/C16H17N5O/c1-3-11(2)20-15-8-14(18-10-19-15)16(22)21-13-6-4-12(9-17)5-7-13/h4-8,10-11H,3H2,1-2H3,(H,21,22)(H,18,19,20). The molecule has 1 unspecified atom stereocenters. The van der Waals surface area contributed by atoms with E-state index in [2.05, 4.69) is 27.5 Å². The summed E-state index contributed by atoms with van der Waals surface area (Å²) in [5.74, 6) is 0.300.